The largest absolute Gasteiger partial charge is 0.491 e. The monoisotopic (exact) mass is 269 g/mol. The predicted molar refractivity (Wildman–Crippen MR) is 73.1 cm³/mol. The second-order valence-corrected chi connectivity index (χ2v) is 4.08. The van der Waals surface area contributed by atoms with Crippen molar-refractivity contribution in [2.45, 2.75) is 19.6 Å². The fraction of sp³-hybridized carbons (Fsp3) is 0.571. The van der Waals surface area contributed by atoms with Gasteiger partial charge in [0.05, 0.1) is 19.8 Å². The Balaban J connectivity index is 2.13. The summed E-state index contributed by atoms with van der Waals surface area (Å²) in [6.07, 6.45) is -0.643. The van der Waals surface area contributed by atoms with E-state index in [2.05, 4.69) is 0 Å². The molecule has 5 heteroatoms. The average molecular weight is 269 g/mol. The van der Waals surface area contributed by atoms with Gasteiger partial charge < -0.3 is 25.1 Å². The third-order valence-corrected chi connectivity index (χ3v) is 2.49. The van der Waals surface area contributed by atoms with Crippen molar-refractivity contribution in [3.05, 3.63) is 29.8 Å². The van der Waals surface area contributed by atoms with Crippen molar-refractivity contribution < 1.29 is 19.3 Å². The topological polar surface area (TPSA) is 73.9 Å². The first-order chi connectivity index (χ1) is 9.26. The molecule has 0 aromatic heterocycles. The van der Waals surface area contributed by atoms with Crippen molar-refractivity contribution in [1.29, 1.82) is 0 Å². The molecule has 1 aromatic carbocycles. The minimum Gasteiger partial charge on any atom is -0.491 e. The molecule has 0 spiro atoms. The Morgan fingerprint density at radius 1 is 1.11 bits per heavy atom. The van der Waals surface area contributed by atoms with Crippen LogP contribution < -0.4 is 10.5 Å². The molecule has 1 atom stereocenters. The first kappa shape index (κ1) is 15.9. The van der Waals surface area contributed by atoms with Gasteiger partial charge in [-0.1, -0.05) is 12.1 Å². The fourth-order valence-electron chi connectivity index (χ4n) is 1.44. The number of benzene rings is 1. The van der Waals surface area contributed by atoms with Crippen LogP contribution >= 0.6 is 0 Å². The Kier molecular flexibility index (Phi) is 8.16. The van der Waals surface area contributed by atoms with E-state index in [4.69, 9.17) is 19.9 Å². The van der Waals surface area contributed by atoms with Crippen LogP contribution in [0, 0.1) is 0 Å². The zero-order chi connectivity index (χ0) is 13.9. The van der Waals surface area contributed by atoms with Gasteiger partial charge in [0.25, 0.3) is 0 Å². The van der Waals surface area contributed by atoms with Crippen molar-refractivity contribution >= 4 is 0 Å². The lowest BCUT2D eigenvalue weighted by atomic mass is 10.2. The number of aliphatic hydroxyl groups excluding tert-OH is 1. The molecule has 108 valence electrons. The zero-order valence-electron chi connectivity index (χ0n) is 11.4. The molecule has 0 fully saturated rings. The molecule has 0 amide bonds. The summed E-state index contributed by atoms with van der Waals surface area (Å²) in [5.74, 6) is 0.713. The first-order valence-electron chi connectivity index (χ1n) is 6.51. The van der Waals surface area contributed by atoms with E-state index in [1.165, 1.54) is 0 Å². The van der Waals surface area contributed by atoms with Crippen molar-refractivity contribution in [3.63, 3.8) is 0 Å². The van der Waals surface area contributed by atoms with E-state index < -0.39 is 6.10 Å². The third-order valence-electron chi connectivity index (χ3n) is 2.49. The van der Waals surface area contributed by atoms with Gasteiger partial charge in [-0.05, 0) is 24.6 Å². The van der Waals surface area contributed by atoms with Crippen LogP contribution in [0.3, 0.4) is 0 Å². The van der Waals surface area contributed by atoms with Gasteiger partial charge >= 0.3 is 0 Å². The summed E-state index contributed by atoms with van der Waals surface area (Å²) in [6, 6.07) is 7.48. The van der Waals surface area contributed by atoms with Crippen LogP contribution in [0.5, 0.6) is 5.75 Å². The summed E-state index contributed by atoms with van der Waals surface area (Å²) in [6.45, 7) is 4.59. The van der Waals surface area contributed by atoms with Gasteiger partial charge in [0, 0.05) is 13.2 Å². The van der Waals surface area contributed by atoms with Crippen LogP contribution in [0.2, 0.25) is 0 Å². The van der Waals surface area contributed by atoms with Gasteiger partial charge in [-0.25, -0.2) is 0 Å². The van der Waals surface area contributed by atoms with Gasteiger partial charge in [-0.15, -0.1) is 0 Å². The molecule has 0 saturated heterocycles. The van der Waals surface area contributed by atoms with E-state index in [9.17, 15) is 5.11 Å². The molecular formula is C14H23NO4. The SMILES string of the molecule is CCOCCOCC(O)COc1ccc(CN)cc1. The van der Waals surface area contributed by atoms with Crippen LogP contribution in [0.15, 0.2) is 24.3 Å². The van der Waals surface area contributed by atoms with Crippen LogP contribution in [-0.4, -0.2) is 44.2 Å². The summed E-state index contributed by atoms with van der Waals surface area (Å²) in [4.78, 5) is 0. The highest BCUT2D eigenvalue weighted by atomic mass is 16.5. The van der Waals surface area contributed by atoms with Gasteiger partial charge in [0.15, 0.2) is 0 Å². The second-order valence-electron chi connectivity index (χ2n) is 4.08. The Labute approximate surface area is 114 Å². The highest BCUT2D eigenvalue weighted by Gasteiger charge is 2.05. The quantitative estimate of drug-likeness (QED) is 0.618. The first-order valence-corrected chi connectivity index (χ1v) is 6.51. The molecule has 0 aliphatic carbocycles. The lowest BCUT2D eigenvalue weighted by molar-refractivity contribution is -0.00929. The highest BCUT2D eigenvalue weighted by molar-refractivity contribution is 5.27. The molecule has 1 unspecified atom stereocenters. The lowest BCUT2D eigenvalue weighted by Crippen LogP contribution is -2.24. The van der Waals surface area contributed by atoms with Gasteiger partial charge in [-0.2, -0.15) is 0 Å². The molecule has 5 nitrogen and oxygen atoms in total. The summed E-state index contributed by atoms with van der Waals surface area (Å²) in [5.41, 5.74) is 6.55. The number of aliphatic hydroxyl groups is 1. The maximum absolute atomic E-state index is 9.66. The van der Waals surface area contributed by atoms with Crippen molar-refractivity contribution in [2.24, 2.45) is 5.73 Å². The average Bonchev–Trinajstić information content (AvgIpc) is 2.45. The zero-order valence-corrected chi connectivity index (χ0v) is 11.4. The predicted octanol–water partition coefficient (Wildman–Crippen LogP) is 0.938. The van der Waals surface area contributed by atoms with Crippen LogP contribution in [0.4, 0.5) is 0 Å². The smallest absolute Gasteiger partial charge is 0.119 e. The number of nitrogens with two attached hydrogens (primary N) is 1. The normalized spacial score (nSPS) is 12.4. The molecule has 19 heavy (non-hydrogen) atoms. The van der Waals surface area contributed by atoms with Gasteiger partial charge in [0.1, 0.15) is 18.5 Å². The molecule has 1 aromatic rings. The van der Waals surface area contributed by atoms with Crippen LogP contribution in [0.25, 0.3) is 0 Å². The van der Waals surface area contributed by atoms with E-state index in [-0.39, 0.29) is 13.2 Å². The Hall–Kier alpha value is -1.14. The molecule has 0 bridgehead atoms. The number of rotatable bonds is 10. The molecule has 0 radical (unpaired) electrons. The van der Waals surface area contributed by atoms with Crippen molar-refractivity contribution in [2.75, 3.05) is 33.0 Å². The Bertz CT molecular complexity index is 329. The standard InChI is InChI=1S/C14H23NO4/c1-2-17-7-8-18-10-13(16)11-19-14-5-3-12(9-15)4-6-14/h3-6,13,16H,2,7-11,15H2,1H3. The number of hydrogen-bond donors (Lipinski definition) is 2. The van der Waals surface area contributed by atoms with E-state index in [1.54, 1.807) is 0 Å². The summed E-state index contributed by atoms with van der Waals surface area (Å²) < 4.78 is 15.8. The number of hydrogen-bond acceptors (Lipinski definition) is 5. The molecule has 3 N–H and O–H groups in total. The summed E-state index contributed by atoms with van der Waals surface area (Å²) in [5, 5.41) is 9.66. The maximum Gasteiger partial charge on any atom is 0.119 e. The van der Waals surface area contributed by atoms with E-state index in [1.807, 2.05) is 31.2 Å². The molecular weight excluding hydrogens is 246 g/mol. The Morgan fingerprint density at radius 2 is 1.79 bits per heavy atom. The molecule has 0 aliphatic rings. The molecule has 0 saturated carbocycles. The maximum atomic E-state index is 9.66. The third kappa shape index (κ3) is 7.12. The highest BCUT2D eigenvalue weighted by Crippen LogP contribution is 2.12. The van der Waals surface area contributed by atoms with Gasteiger partial charge in [-0.3, -0.25) is 0 Å². The van der Waals surface area contributed by atoms with Crippen molar-refractivity contribution in [3.8, 4) is 5.75 Å². The van der Waals surface area contributed by atoms with Gasteiger partial charge in [0.2, 0.25) is 0 Å². The second kappa shape index (κ2) is 9.75. The fourth-order valence-corrected chi connectivity index (χ4v) is 1.44. The van der Waals surface area contributed by atoms with Crippen LogP contribution in [0.1, 0.15) is 12.5 Å². The summed E-state index contributed by atoms with van der Waals surface area (Å²) >= 11 is 0. The lowest BCUT2D eigenvalue weighted by Gasteiger charge is -2.13. The minimum atomic E-state index is -0.643. The van der Waals surface area contributed by atoms with E-state index in [0.29, 0.717) is 32.1 Å². The molecule has 0 aliphatic heterocycles. The Morgan fingerprint density at radius 3 is 2.42 bits per heavy atom. The number of ether oxygens (including phenoxy) is 3. The molecule has 0 heterocycles. The van der Waals surface area contributed by atoms with Crippen molar-refractivity contribution in [1.82, 2.24) is 0 Å². The van der Waals surface area contributed by atoms with E-state index >= 15 is 0 Å². The minimum absolute atomic E-state index is 0.205. The summed E-state index contributed by atoms with van der Waals surface area (Å²) in [7, 11) is 0. The van der Waals surface area contributed by atoms with Crippen LogP contribution in [-0.2, 0) is 16.0 Å². The van der Waals surface area contributed by atoms with E-state index in [0.717, 1.165) is 5.56 Å². The molecule has 1 rings (SSSR count).